The molecule has 0 aliphatic carbocycles. The molecule has 0 rings (SSSR count). The summed E-state index contributed by atoms with van der Waals surface area (Å²) in [7, 11) is 0. The van der Waals surface area contributed by atoms with E-state index in [0.717, 1.165) is 0 Å². The number of carbonyl (C=O) groups is 2. The van der Waals surface area contributed by atoms with Crippen LogP contribution in [0.1, 0.15) is 6.92 Å². The van der Waals surface area contributed by atoms with Gasteiger partial charge in [-0.15, -0.1) is 0 Å². The van der Waals surface area contributed by atoms with Gasteiger partial charge in [-0.1, -0.05) is 6.92 Å². The zero-order chi connectivity index (χ0) is 11.0. The number of carboxylic acid groups (broad SMARTS) is 1. The smallest absolute Gasteiger partial charge is 0.327 e. The van der Waals surface area contributed by atoms with Gasteiger partial charge in [-0.25, -0.2) is 4.79 Å². The van der Waals surface area contributed by atoms with Crippen molar-refractivity contribution in [2.75, 3.05) is 18.1 Å². The van der Waals surface area contributed by atoms with Gasteiger partial charge in [0, 0.05) is 12.4 Å². The summed E-state index contributed by atoms with van der Waals surface area (Å²) >= 11 is 1.40. The summed E-state index contributed by atoms with van der Waals surface area (Å²) < 4.78 is 0. The Morgan fingerprint density at radius 2 is 2.21 bits per heavy atom. The number of thioether (sulfide) groups is 1. The van der Waals surface area contributed by atoms with Crippen LogP contribution in [0.2, 0.25) is 0 Å². The number of carbonyl (C=O) groups excluding carboxylic acids is 1. The normalized spacial score (nSPS) is 14.4. The molecule has 0 heterocycles. The number of carboxylic acids is 1. The van der Waals surface area contributed by atoms with Crippen LogP contribution in [-0.4, -0.2) is 46.7 Å². The largest absolute Gasteiger partial charge is 0.480 e. The Bertz CT molecular complexity index is 188. The Labute approximate surface area is 86.9 Å². The Hall–Kier alpha value is -0.750. The van der Waals surface area contributed by atoms with E-state index < -0.39 is 12.0 Å². The summed E-state index contributed by atoms with van der Waals surface area (Å²) in [6.07, 6.45) is 0.384. The lowest BCUT2D eigenvalue weighted by Gasteiger charge is -2.12. The summed E-state index contributed by atoms with van der Waals surface area (Å²) in [6.45, 7) is 1.96. The van der Waals surface area contributed by atoms with Crippen LogP contribution in [0, 0.1) is 5.92 Å². The van der Waals surface area contributed by atoms with Crippen molar-refractivity contribution >= 4 is 24.1 Å². The van der Waals surface area contributed by atoms with Gasteiger partial charge in [0.15, 0.2) is 0 Å². The van der Waals surface area contributed by atoms with Gasteiger partial charge in [0.1, 0.15) is 6.04 Å². The van der Waals surface area contributed by atoms with E-state index in [4.69, 9.17) is 10.2 Å². The number of aliphatic hydroxyl groups is 1. The first kappa shape index (κ1) is 13.2. The van der Waals surface area contributed by atoms with Gasteiger partial charge in [-0.3, -0.25) is 4.79 Å². The van der Waals surface area contributed by atoms with Crippen LogP contribution < -0.4 is 5.32 Å². The van der Waals surface area contributed by atoms with Gasteiger partial charge in [0.2, 0.25) is 6.41 Å². The maximum Gasteiger partial charge on any atom is 0.327 e. The van der Waals surface area contributed by atoms with Gasteiger partial charge in [0.25, 0.3) is 0 Å². The second-order valence-electron chi connectivity index (χ2n) is 3.00. The van der Waals surface area contributed by atoms with Crippen molar-refractivity contribution in [1.29, 1.82) is 0 Å². The lowest BCUT2D eigenvalue weighted by molar-refractivity contribution is -0.139. The summed E-state index contributed by atoms with van der Waals surface area (Å²) in [5.41, 5.74) is 0. The van der Waals surface area contributed by atoms with Crippen molar-refractivity contribution < 1.29 is 19.8 Å². The van der Waals surface area contributed by atoms with Crippen molar-refractivity contribution in [3.8, 4) is 0 Å². The number of hydrogen-bond donors (Lipinski definition) is 3. The van der Waals surface area contributed by atoms with Crippen molar-refractivity contribution in [3.63, 3.8) is 0 Å². The third-order valence-electron chi connectivity index (χ3n) is 1.57. The minimum atomic E-state index is -1.04. The first-order valence-corrected chi connectivity index (χ1v) is 5.38. The van der Waals surface area contributed by atoms with Crippen LogP contribution in [0.15, 0.2) is 0 Å². The third-order valence-corrected chi connectivity index (χ3v) is 2.94. The van der Waals surface area contributed by atoms with Crippen LogP contribution in [-0.2, 0) is 9.59 Å². The molecule has 0 spiro atoms. The maximum atomic E-state index is 10.6. The molecule has 0 saturated carbocycles. The fourth-order valence-corrected chi connectivity index (χ4v) is 1.83. The van der Waals surface area contributed by atoms with Gasteiger partial charge in [-0.2, -0.15) is 11.8 Å². The molecule has 0 fully saturated rings. The molecule has 0 radical (unpaired) electrons. The molecule has 0 aliphatic heterocycles. The molecule has 6 heteroatoms. The van der Waals surface area contributed by atoms with Gasteiger partial charge < -0.3 is 15.5 Å². The monoisotopic (exact) mass is 221 g/mol. The van der Waals surface area contributed by atoms with E-state index in [2.05, 4.69) is 5.32 Å². The van der Waals surface area contributed by atoms with E-state index in [1.54, 1.807) is 0 Å². The fraction of sp³-hybridized carbons (Fsp3) is 0.750. The van der Waals surface area contributed by atoms with E-state index in [1.165, 1.54) is 11.8 Å². The zero-order valence-electron chi connectivity index (χ0n) is 7.97. The molecule has 0 aromatic carbocycles. The van der Waals surface area contributed by atoms with Crippen molar-refractivity contribution in [2.45, 2.75) is 13.0 Å². The second-order valence-corrected chi connectivity index (χ2v) is 4.08. The predicted molar refractivity (Wildman–Crippen MR) is 54.2 cm³/mol. The molecule has 0 aromatic heterocycles. The quantitative estimate of drug-likeness (QED) is 0.483. The number of amides is 1. The summed E-state index contributed by atoms with van der Waals surface area (Å²) in [6, 6.07) is -0.844. The molecule has 3 N–H and O–H groups in total. The average Bonchev–Trinajstić information content (AvgIpc) is 2.16. The van der Waals surface area contributed by atoms with E-state index >= 15 is 0 Å². The highest BCUT2D eigenvalue weighted by Gasteiger charge is 2.16. The number of nitrogens with one attached hydrogen (secondary N) is 1. The van der Waals surface area contributed by atoms with Crippen molar-refractivity contribution in [3.05, 3.63) is 0 Å². The van der Waals surface area contributed by atoms with E-state index in [1.807, 2.05) is 6.92 Å². The van der Waals surface area contributed by atoms with E-state index in [-0.39, 0.29) is 12.5 Å². The van der Waals surface area contributed by atoms with Crippen molar-refractivity contribution in [2.24, 2.45) is 5.92 Å². The first-order chi connectivity index (χ1) is 6.61. The first-order valence-electron chi connectivity index (χ1n) is 4.23. The highest BCUT2D eigenvalue weighted by molar-refractivity contribution is 7.99. The average molecular weight is 221 g/mol. The standard InChI is InChI=1S/C8H15NO4S/c1-6(2-10)3-14-4-7(8(12)13)9-5-11/h5-7,10H,2-4H2,1H3,(H,9,11)(H,12,13). The zero-order valence-corrected chi connectivity index (χ0v) is 8.79. The summed E-state index contributed by atoms with van der Waals surface area (Å²) in [5.74, 6) is 0.103. The summed E-state index contributed by atoms with van der Waals surface area (Å²) in [4.78, 5) is 20.6. The third kappa shape index (κ3) is 5.82. The molecule has 0 saturated heterocycles. The predicted octanol–water partition coefficient (Wildman–Crippen LogP) is -0.453. The van der Waals surface area contributed by atoms with E-state index in [0.29, 0.717) is 17.9 Å². The molecule has 0 bridgehead atoms. The van der Waals surface area contributed by atoms with Crippen LogP contribution in [0.3, 0.4) is 0 Å². The number of aliphatic carboxylic acids is 1. The second kappa shape index (κ2) is 7.64. The molecule has 14 heavy (non-hydrogen) atoms. The molecule has 82 valence electrons. The lowest BCUT2D eigenvalue weighted by atomic mass is 10.2. The molecule has 1 amide bonds. The Morgan fingerprint density at radius 1 is 1.57 bits per heavy atom. The maximum absolute atomic E-state index is 10.6. The van der Waals surface area contributed by atoms with Gasteiger partial charge in [-0.05, 0) is 11.7 Å². The Morgan fingerprint density at radius 3 is 2.64 bits per heavy atom. The fourth-order valence-electron chi connectivity index (χ4n) is 0.713. The van der Waals surface area contributed by atoms with Gasteiger partial charge >= 0.3 is 5.97 Å². The highest BCUT2D eigenvalue weighted by atomic mass is 32.2. The topological polar surface area (TPSA) is 86.6 Å². The minimum absolute atomic E-state index is 0.0891. The molecule has 5 nitrogen and oxygen atoms in total. The molecular weight excluding hydrogens is 206 g/mol. The van der Waals surface area contributed by atoms with Crippen LogP contribution >= 0.6 is 11.8 Å². The van der Waals surface area contributed by atoms with Crippen LogP contribution in [0.25, 0.3) is 0 Å². The van der Waals surface area contributed by atoms with Crippen molar-refractivity contribution in [1.82, 2.24) is 5.32 Å². The summed E-state index contributed by atoms with van der Waals surface area (Å²) in [5, 5.41) is 19.6. The molecule has 2 unspecified atom stereocenters. The number of aliphatic hydroxyl groups excluding tert-OH is 1. The number of hydrogen-bond acceptors (Lipinski definition) is 4. The molecular formula is C8H15NO4S. The van der Waals surface area contributed by atoms with Crippen LogP contribution in [0.4, 0.5) is 0 Å². The molecule has 0 aromatic rings. The number of rotatable bonds is 8. The lowest BCUT2D eigenvalue weighted by Crippen LogP contribution is -2.38. The Kier molecular flexibility index (Phi) is 7.23. The molecule has 2 atom stereocenters. The van der Waals surface area contributed by atoms with Gasteiger partial charge in [0.05, 0.1) is 0 Å². The van der Waals surface area contributed by atoms with Crippen LogP contribution in [0.5, 0.6) is 0 Å². The SMILES string of the molecule is CC(CO)CSCC(NC=O)C(=O)O. The van der Waals surface area contributed by atoms with E-state index in [9.17, 15) is 9.59 Å². The molecule has 0 aliphatic rings. The minimum Gasteiger partial charge on any atom is -0.480 e. The highest BCUT2D eigenvalue weighted by Crippen LogP contribution is 2.09. The Balaban J connectivity index is 3.71.